The number of thioether (sulfide) groups is 1. The van der Waals surface area contributed by atoms with E-state index in [9.17, 15) is 4.79 Å². The molecule has 0 bridgehead atoms. The first-order valence-electron chi connectivity index (χ1n) is 7.69. The molecule has 0 fully saturated rings. The van der Waals surface area contributed by atoms with Crippen LogP contribution in [0, 0.1) is 0 Å². The van der Waals surface area contributed by atoms with Crippen molar-refractivity contribution in [2.45, 2.75) is 52.0 Å². The molecule has 0 aliphatic rings. The van der Waals surface area contributed by atoms with E-state index in [0.29, 0.717) is 12.2 Å². The third-order valence-corrected chi connectivity index (χ3v) is 4.36. The van der Waals surface area contributed by atoms with E-state index in [4.69, 9.17) is 11.6 Å². The lowest BCUT2D eigenvalue weighted by molar-refractivity contribution is 0.543. The molecule has 1 heterocycles. The summed E-state index contributed by atoms with van der Waals surface area (Å²) in [6, 6.07) is 0. The van der Waals surface area contributed by atoms with E-state index >= 15 is 0 Å². The van der Waals surface area contributed by atoms with E-state index in [0.717, 1.165) is 25.8 Å². The Morgan fingerprint density at radius 2 is 2.05 bits per heavy atom. The van der Waals surface area contributed by atoms with Crippen molar-refractivity contribution in [1.82, 2.24) is 9.78 Å². The summed E-state index contributed by atoms with van der Waals surface area (Å²) in [6.45, 7) is 3.55. The van der Waals surface area contributed by atoms with Gasteiger partial charge in [-0.3, -0.25) is 4.79 Å². The molecule has 1 aromatic rings. The molecule has 6 heteroatoms. The Morgan fingerprint density at radius 3 is 2.76 bits per heavy atom. The first-order valence-corrected chi connectivity index (χ1v) is 9.46. The number of aryl methyl sites for hydroxylation is 1. The standard InChI is InChI=1S/C15H26ClN3OS/c1-3-4-10-19-15(20)14(16)13(12-18-19)17-9-7-5-6-8-11-21-2/h12,17H,3-11H2,1-2H3. The Labute approximate surface area is 136 Å². The first-order chi connectivity index (χ1) is 10.2. The van der Waals surface area contributed by atoms with Crippen LogP contribution in [-0.2, 0) is 6.54 Å². The van der Waals surface area contributed by atoms with Crippen LogP contribution in [0.15, 0.2) is 11.0 Å². The molecule has 0 saturated carbocycles. The molecule has 21 heavy (non-hydrogen) atoms. The molecule has 0 aromatic carbocycles. The smallest absolute Gasteiger partial charge is 0.287 e. The van der Waals surface area contributed by atoms with Crippen LogP contribution in [0.4, 0.5) is 5.69 Å². The molecule has 4 nitrogen and oxygen atoms in total. The highest BCUT2D eigenvalue weighted by molar-refractivity contribution is 7.98. The minimum Gasteiger partial charge on any atom is -0.382 e. The lowest BCUT2D eigenvalue weighted by Crippen LogP contribution is -2.24. The van der Waals surface area contributed by atoms with Gasteiger partial charge in [0.2, 0.25) is 0 Å². The molecule has 1 aromatic heterocycles. The van der Waals surface area contributed by atoms with E-state index in [1.165, 1.54) is 29.7 Å². The molecular formula is C15H26ClN3OS. The molecule has 0 aliphatic carbocycles. The fraction of sp³-hybridized carbons (Fsp3) is 0.733. The molecular weight excluding hydrogens is 306 g/mol. The normalized spacial score (nSPS) is 10.8. The highest BCUT2D eigenvalue weighted by atomic mass is 35.5. The van der Waals surface area contributed by atoms with E-state index in [1.807, 2.05) is 11.8 Å². The molecule has 1 N–H and O–H groups in total. The average Bonchev–Trinajstić information content (AvgIpc) is 2.49. The summed E-state index contributed by atoms with van der Waals surface area (Å²) in [5.41, 5.74) is 0.452. The predicted octanol–water partition coefficient (Wildman–Crippen LogP) is 4.03. The van der Waals surface area contributed by atoms with Gasteiger partial charge in [-0.05, 0) is 31.3 Å². The zero-order chi connectivity index (χ0) is 15.5. The molecule has 0 amide bonds. The number of unbranched alkanes of at least 4 members (excludes halogenated alkanes) is 4. The third kappa shape index (κ3) is 6.74. The zero-order valence-corrected chi connectivity index (χ0v) is 14.6. The summed E-state index contributed by atoms with van der Waals surface area (Å²) in [5, 5.41) is 7.64. The maximum absolute atomic E-state index is 12.0. The summed E-state index contributed by atoms with van der Waals surface area (Å²) >= 11 is 8.01. The van der Waals surface area contributed by atoms with Crippen molar-refractivity contribution in [2.24, 2.45) is 0 Å². The van der Waals surface area contributed by atoms with Crippen molar-refractivity contribution in [3.8, 4) is 0 Å². The highest BCUT2D eigenvalue weighted by Gasteiger charge is 2.08. The Kier molecular flexibility index (Phi) is 9.59. The molecule has 1 rings (SSSR count). The van der Waals surface area contributed by atoms with Gasteiger partial charge in [-0.2, -0.15) is 16.9 Å². The minimum absolute atomic E-state index is 0.199. The van der Waals surface area contributed by atoms with Gasteiger partial charge in [0.25, 0.3) is 5.56 Å². The number of halogens is 1. The van der Waals surface area contributed by atoms with Crippen molar-refractivity contribution in [3.05, 3.63) is 21.6 Å². The Morgan fingerprint density at radius 1 is 1.29 bits per heavy atom. The van der Waals surface area contributed by atoms with Crippen LogP contribution >= 0.6 is 23.4 Å². The Balaban J connectivity index is 2.38. The lowest BCUT2D eigenvalue weighted by Gasteiger charge is -2.10. The zero-order valence-electron chi connectivity index (χ0n) is 13.0. The number of nitrogens with one attached hydrogen (secondary N) is 1. The van der Waals surface area contributed by atoms with Gasteiger partial charge in [-0.15, -0.1) is 0 Å². The fourth-order valence-electron chi connectivity index (χ4n) is 2.00. The summed E-state index contributed by atoms with van der Waals surface area (Å²) < 4.78 is 1.44. The van der Waals surface area contributed by atoms with Gasteiger partial charge in [0.1, 0.15) is 5.02 Å². The van der Waals surface area contributed by atoms with Gasteiger partial charge in [-0.1, -0.05) is 37.8 Å². The van der Waals surface area contributed by atoms with Crippen molar-refractivity contribution < 1.29 is 0 Å². The average molecular weight is 332 g/mol. The number of aromatic nitrogens is 2. The molecule has 0 atom stereocenters. The van der Waals surface area contributed by atoms with Gasteiger partial charge in [0.15, 0.2) is 0 Å². The van der Waals surface area contributed by atoms with Crippen LogP contribution < -0.4 is 10.9 Å². The summed E-state index contributed by atoms with van der Waals surface area (Å²) in [7, 11) is 0. The number of rotatable bonds is 11. The SMILES string of the molecule is CCCCn1ncc(NCCCCCCSC)c(Cl)c1=O. The number of nitrogens with zero attached hydrogens (tertiary/aromatic N) is 2. The van der Waals surface area contributed by atoms with E-state index in [-0.39, 0.29) is 10.6 Å². The number of hydrogen-bond donors (Lipinski definition) is 1. The van der Waals surface area contributed by atoms with Crippen molar-refractivity contribution in [3.63, 3.8) is 0 Å². The Bertz CT molecular complexity index is 465. The van der Waals surface area contributed by atoms with Crippen LogP contribution in [0.5, 0.6) is 0 Å². The first kappa shape index (κ1) is 18.4. The van der Waals surface area contributed by atoms with Crippen LogP contribution in [0.25, 0.3) is 0 Å². The number of hydrogen-bond acceptors (Lipinski definition) is 4. The molecule has 0 spiro atoms. The molecule has 0 saturated heterocycles. The monoisotopic (exact) mass is 331 g/mol. The van der Waals surface area contributed by atoms with Crippen LogP contribution in [0.3, 0.4) is 0 Å². The highest BCUT2D eigenvalue weighted by Crippen LogP contribution is 2.15. The van der Waals surface area contributed by atoms with Gasteiger partial charge >= 0.3 is 0 Å². The van der Waals surface area contributed by atoms with Crippen molar-refractivity contribution >= 4 is 29.1 Å². The van der Waals surface area contributed by atoms with E-state index < -0.39 is 0 Å². The summed E-state index contributed by atoms with van der Waals surface area (Å²) in [5.74, 6) is 1.24. The maximum Gasteiger partial charge on any atom is 0.287 e. The summed E-state index contributed by atoms with van der Waals surface area (Å²) in [6.07, 6.45) is 10.6. The van der Waals surface area contributed by atoms with Gasteiger partial charge in [0.05, 0.1) is 11.9 Å². The second-order valence-corrected chi connectivity index (χ2v) is 6.45. The van der Waals surface area contributed by atoms with Gasteiger partial charge in [-0.25, -0.2) is 4.68 Å². The van der Waals surface area contributed by atoms with Crippen LogP contribution in [-0.4, -0.2) is 28.3 Å². The van der Waals surface area contributed by atoms with E-state index in [2.05, 4.69) is 23.6 Å². The molecule has 0 aliphatic heterocycles. The van der Waals surface area contributed by atoms with Gasteiger partial charge < -0.3 is 5.32 Å². The topological polar surface area (TPSA) is 46.9 Å². The van der Waals surface area contributed by atoms with Crippen LogP contribution in [0.2, 0.25) is 5.02 Å². The van der Waals surface area contributed by atoms with Crippen molar-refractivity contribution in [2.75, 3.05) is 23.9 Å². The lowest BCUT2D eigenvalue weighted by atomic mass is 10.2. The summed E-state index contributed by atoms with van der Waals surface area (Å²) in [4.78, 5) is 12.0. The molecule has 0 radical (unpaired) electrons. The van der Waals surface area contributed by atoms with Crippen LogP contribution in [0.1, 0.15) is 45.4 Å². The second kappa shape index (κ2) is 11.0. The molecule has 0 unspecified atom stereocenters. The van der Waals surface area contributed by atoms with Gasteiger partial charge in [0, 0.05) is 13.1 Å². The largest absolute Gasteiger partial charge is 0.382 e. The minimum atomic E-state index is -0.199. The van der Waals surface area contributed by atoms with Crippen molar-refractivity contribution in [1.29, 1.82) is 0 Å². The Hall–Kier alpha value is -0.680. The van der Waals surface area contributed by atoms with E-state index in [1.54, 1.807) is 6.20 Å². The second-order valence-electron chi connectivity index (χ2n) is 5.09. The predicted molar refractivity (Wildman–Crippen MR) is 93.8 cm³/mol. The fourth-order valence-corrected chi connectivity index (χ4v) is 2.71. The third-order valence-electron chi connectivity index (χ3n) is 3.30. The maximum atomic E-state index is 12.0. The quantitative estimate of drug-likeness (QED) is 0.622. The number of anilines is 1. The molecule has 120 valence electrons.